The smallest absolute Gasteiger partial charge is 0.340 e. The highest BCUT2D eigenvalue weighted by molar-refractivity contribution is 9.10. The average molecular weight is 430 g/mol. The first-order valence-corrected chi connectivity index (χ1v) is 10.5. The van der Waals surface area contributed by atoms with Crippen molar-refractivity contribution in [3.05, 3.63) is 33.9 Å². The molecule has 0 aliphatic carbocycles. The van der Waals surface area contributed by atoms with E-state index in [1.165, 1.54) is 7.11 Å². The molecule has 0 saturated heterocycles. The zero-order chi connectivity index (χ0) is 19.0. The number of aromatic nitrogens is 1. The van der Waals surface area contributed by atoms with Crippen LogP contribution in [0.2, 0.25) is 0 Å². The molecule has 0 aliphatic rings. The van der Waals surface area contributed by atoms with E-state index < -0.39 is 20.6 Å². The summed E-state index contributed by atoms with van der Waals surface area (Å²) < 4.78 is 29.6. The standard InChI is InChI=1S/C18H24BrNO4S/c1-11(6-7-25(22,23)18(2,3)4)15-10-20-16-13(15)8-12(19)9-14(16)17(21)24-5/h8-11,20H,6-7H2,1-5H3. The number of sulfone groups is 1. The fourth-order valence-corrected chi connectivity index (χ4v) is 4.42. The van der Waals surface area contributed by atoms with E-state index in [9.17, 15) is 13.2 Å². The molecule has 1 heterocycles. The molecule has 1 atom stereocenters. The second-order valence-electron chi connectivity index (χ2n) is 7.23. The largest absolute Gasteiger partial charge is 0.465 e. The highest BCUT2D eigenvalue weighted by Crippen LogP contribution is 2.33. The van der Waals surface area contributed by atoms with Crippen LogP contribution >= 0.6 is 15.9 Å². The number of methoxy groups -OCH3 is 1. The predicted octanol–water partition coefficient (Wildman–Crippen LogP) is 4.42. The first-order valence-electron chi connectivity index (χ1n) is 8.09. The summed E-state index contributed by atoms with van der Waals surface area (Å²) in [4.78, 5) is 15.1. The van der Waals surface area contributed by atoms with Gasteiger partial charge in [-0.1, -0.05) is 22.9 Å². The van der Waals surface area contributed by atoms with Crippen molar-refractivity contribution in [2.24, 2.45) is 0 Å². The minimum absolute atomic E-state index is 0.0330. The zero-order valence-corrected chi connectivity index (χ0v) is 17.5. The van der Waals surface area contributed by atoms with Crippen molar-refractivity contribution < 1.29 is 17.9 Å². The van der Waals surface area contributed by atoms with E-state index in [4.69, 9.17) is 4.74 Å². The molecule has 2 aromatic rings. The van der Waals surface area contributed by atoms with Gasteiger partial charge in [-0.25, -0.2) is 13.2 Å². The van der Waals surface area contributed by atoms with Crippen LogP contribution in [0.3, 0.4) is 0 Å². The SMILES string of the molecule is COC(=O)c1cc(Br)cc2c(C(C)CCS(=O)(=O)C(C)(C)C)c[nH]c12. The predicted molar refractivity (Wildman–Crippen MR) is 104 cm³/mol. The number of aromatic amines is 1. The summed E-state index contributed by atoms with van der Waals surface area (Å²) in [7, 11) is -1.82. The van der Waals surface area contributed by atoms with Gasteiger partial charge in [0.15, 0.2) is 9.84 Å². The van der Waals surface area contributed by atoms with Crippen LogP contribution in [-0.2, 0) is 14.6 Å². The molecule has 1 N–H and O–H groups in total. The number of ether oxygens (including phenoxy) is 1. The third kappa shape index (κ3) is 4.08. The van der Waals surface area contributed by atoms with Crippen molar-refractivity contribution in [3.63, 3.8) is 0 Å². The number of rotatable bonds is 5. The normalized spacial score (nSPS) is 13.8. The topological polar surface area (TPSA) is 76.2 Å². The van der Waals surface area contributed by atoms with Crippen molar-refractivity contribution >= 4 is 42.6 Å². The summed E-state index contributed by atoms with van der Waals surface area (Å²) in [6.45, 7) is 7.16. The van der Waals surface area contributed by atoms with Crippen LogP contribution in [0.4, 0.5) is 0 Å². The Balaban J connectivity index is 2.36. The van der Waals surface area contributed by atoms with Crippen LogP contribution in [0.1, 0.15) is 56.0 Å². The maximum Gasteiger partial charge on any atom is 0.340 e. The minimum atomic E-state index is -3.16. The number of benzene rings is 1. The Morgan fingerprint density at radius 1 is 1.32 bits per heavy atom. The number of fused-ring (bicyclic) bond motifs is 1. The Bertz CT molecular complexity index is 894. The van der Waals surface area contributed by atoms with Gasteiger partial charge in [0.2, 0.25) is 0 Å². The fraction of sp³-hybridized carbons (Fsp3) is 0.500. The van der Waals surface area contributed by atoms with E-state index in [0.29, 0.717) is 17.5 Å². The van der Waals surface area contributed by atoms with Crippen molar-refractivity contribution in [2.45, 2.75) is 44.8 Å². The number of hydrogen-bond donors (Lipinski definition) is 1. The molecule has 0 aliphatic heterocycles. The second-order valence-corrected chi connectivity index (χ2v) is 11.0. The highest BCUT2D eigenvalue weighted by Gasteiger charge is 2.29. The van der Waals surface area contributed by atoms with Crippen molar-refractivity contribution in [3.8, 4) is 0 Å². The molecule has 5 nitrogen and oxygen atoms in total. The van der Waals surface area contributed by atoms with Gasteiger partial charge in [-0.2, -0.15) is 0 Å². The summed E-state index contributed by atoms with van der Waals surface area (Å²) in [5.74, 6) is -0.254. The number of carbonyl (C=O) groups excluding carboxylic acids is 1. The van der Waals surface area contributed by atoms with Crippen LogP contribution in [0, 0.1) is 0 Å². The van der Waals surface area contributed by atoms with Crippen LogP contribution in [0.5, 0.6) is 0 Å². The molecular formula is C18H24BrNO4S. The van der Waals surface area contributed by atoms with E-state index in [1.807, 2.05) is 19.2 Å². The number of hydrogen-bond acceptors (Lipinski definition) is 4. The summed E-state index contributed by atoms with van der Waals surface area (Å²) >= 11 is 3.43. The van der Waals surface area contributed by atoms with E-state index in [-0.39, 0.29) is 11.7 Å². The fourth-order valence-electron chi connectivity index (χ4n) is 2.69. The number of H-pyrrole nitrogens is 1. The lowest BCUT2D eigenvalue weighted by molar-refractivity contribution is 0.0602. The van der Waals surface area contributed by atoms with Crippen molar-refractivity contribution in [1.29, 1.82) is 0 Å². The molecule has 0 bridgehead atoms. The van der Waals surface area contributed by atoms with Crippen LogP contribution < -0.4 is 0 Å². The molecule has 2 rings (SSSR count). The Kier molecular flexibility index (Phi) is 5.68. The molecule has 0 fully saturated rings. The third-order valence-corrected chi connectivity index (χ3v) is 7.57. The monoisotopic (exact) mass is 429 g/mol. The molecule has 0 spiro atoms. The maximum absolute atomic E-state index is 12.3. The van der Waals surface area contributed by atoms with Gasteiger partial charge in [0, 0.05) is 16.1 Å². The van der Waals surface area contributed by atoms with E-state index >= 15 is 0 Å². The van der Waals surface area contributed by atoms with Gasteiger partial charge in [-0.3, -0.25) is 0 Å². The average Bonchev–Trinajstić information content (AvgIpc) is 2.93. The zero-order valence-electron chi connectivity index (χ0n) is 15.1. The molecule has 7 heteroatoms. The Morgan fingerprint density at radius 3 is 2.52 bits per heavy atom. The molecule has 1 aromatic carbocycles. The lowest BCUT2D eigenvalue weighted by atomic mass is 9.97. The van der Waals surface area contributed by atoms with E-state index in [1.54, 1.807) is 26.8 Å². The molecule has 1 unspecified atom stereocenters. The van der Waals surface area contributed by atoms with Crippen LogP contribution in [-0.4, -0.2) is 37.0 Å². The summed E-state index contributed by atoms with van der Waals surface area (Å²) in [6, 6.07) is 3.64. The lowest BCUT2D eigenvalue weighted by Gasteiger charge is -2.20. The first kappa shape index (κ1) is 20.0. The van der Waals surface area contributed by atoms with Gasteiger partial charge in [0.1, 0.15) is 0 Å². The molecule has 0 amide bonds. The lowest BCUT2D eigenvalue weighted by Crippen LogP contribution is -2.30. The van der Waals surface area contributed by atoms with Gasteiger partial charge >= 0.3 is 5.97 Å². The van der Waals surface area contributed by atoms with Crippen molar-refractivity contribution in [2.75, 3.05) is 12.9 Å². The Morgan fingerprint density at radius 2 is 1.96 bits per heavy atom. The molecular weight excluding hydrogens is 406 g/mol. The van der Waals surface area contributed by atoms with Crippen LogP contribution in [0.25, 0.3) is 10.9 Å². The van der Waals surface area contributed by atoms with Gasteiger partial charge in [0.25, 0.3) is 0 Å². The number of halogens is 1. The molecule has 0 radical (unpaired) electrons. The van der Waals surface area contributed by atoms with Gasteiger partial charge in [-0.05, 0) is 50.8 Å². The van der Waals surface area contributed by atoms with Gasteiger partial charge in [0.05, 0.1) is 28.7 Å². The third-order valence-electron chi connectivity index (χ3n) is 4.47. The Hall–Kier alpha value is -1.34. The highest BCUT2D eigenvalue weighted by atomic mass is 79.9. The summed E-state index contributed by atoms with van der Waals surface area (Å²) in [6.07, 6.45) is 2.37. The van der Waals surface area contributed by atoms with E-state index in [2.05, 4.69) is 20.9 Å². The molecule has 138 valence electrons. The number of nitrogens with one attached hydrogen (secondary N) is 1. The minimum Gasteiger partial charge on any atom is -0.465 e. The Labute approximate surface area is 157 Å². The van der Waals surface area contributed by atoms with Crippen LogP contribution in [0.15, 0.2) is 22.8 Å². The van der Waals surface area contributed by atoms with Crippen molar-refractivity contribution in [1.82, 2.24) is 4.98 Å². The first-order chi connectivity index (χ1) is 11.5. The van der Waals surface area contributed by atoms with E-state index in [0.717, 1.165) is 15.4 Å². The quantitative estimate of drug-likeness (QED) is 0.713. The molecule has 25 heavy (non-hydrogen) atoms. The number of esters is 1. The molecule has 0 saturated carbocycles. The second kappa shape index (κ2) is 7.11. The maximum atomic E-state index is 12.3. The summed E-state index contributed by atoms with van der Waals surface area (Å²) in [5.41, 5.74) is 2.15. The number of carbonyl (C=O) groups is 1. The summed E-state index contributed by atoms with van der Waals surface area (Å²) in [5, 5.41) is 0.899. The van der Waals surface area contributed by atoms with Gasteiger partial charge in [-0.15, -0.1) is 0 Å². The molecule has 1 aromatic heterocycles. The van der Waals surface area contributed by atoms with Gasteiger partial charge < -0.3 is 9.72 Å².